The first kappa shape index (κ1) is 12.3. The SMILES string of the molecule is Cc1ccc(SCc2nc(=S)cc(C)[nH]2)cc1. The van der Waals surface area contributed by atoms with Crippen molar-refractivity contribution in [2.45, 2.75) is 24.5 Å². The standard InChI is InChI=1S/C13H14N2S2/c1-9-3-5-11(6-4-9)17-8-12-14-10(2)7-13(16)15-12/h3-7H,8H2,1-2H3,(H,14,15,16). The van der Waals surface area contributed by atoms with E-state index in [0.29, 0.717) is 4.64 Å². The highest BCUT2D eigenvalue weighted by molar-refractivity contribution is 7.98. The molecule has 0 bridgehead atoms. The fourth-order valence-electron chi connectivity index (χ4n) is 1.50. The summed E-state index contributed by atoms with van der Waals surface area (Å²) in [4.78, 5) is 8.78. The molecule has 2 aromatic rings. The van der Waals surface area contributed by atoms with Crippen LogP contribution in [0.1, 0.15) is 17.1 Å². The normalized spacial score (nSPS) is 10.5. The Bertz CT molecular complexity index is 558. The van der Waals surface area contributed by atoms with E-state index < -0.39 is 0 Å². The number of thioether (sulfide) groups is 1. The van der Waals surface area contributed by atoms with Crippen molar-refractivity contribution in [2.75, 3.05) is 0 Å². The minimum Gasteiger partial charge on any atom is -0.347 e. The molecule has 1 aromatic heterocycles. The smallest absolute Gasteiger partial charge is 0.130 e. The molecule has 0 unspecified atom stereocenters. The van der Waals surface area contributed by atoms with Crippen molar-refractivity contribution < 1.29 is 0 Å². The first-order valence-electron chi connectivity index (χ1n) is 5.40. The number of rotatable bonds is 3. The van der Waals surface area contributed by atoms with Crippen molar-refractivity contribution >= 4 is 24.0 Å². The van der Waals surface area contributed by atoms with Crippen molar-refractivity contribution in [2.24, 2.45) is 0 Å². The Kier molecular flexibility index (Phi) is 3.97. The fraction of sp³-hybridized carbons (Fsp3) is 0.231. The molecule has 1 N–H and O–H groups in total. The van der Waals surface area contributed by atoms with E-state index in [0.717, 1.165) is 17.3 Å². The van der Waals surface area contributed by atoms with Crippen LogP contribution in [0, 0.1) is 18.5 Å². The third-order valence-electron chi connectivity index (χ3n) is 2.32. The molecule has 0 aliphatic rings. The number of aromatic nitrogens is 2. The van der Waals surface area contributed by atoms with Crippen LogP contribution in [-0.4, -0.2) is 9.97 Å². The quantitative estimate of drug-likeness (QED) is 0.668. The highest BCUT2D eigenvalue weighted by atomic mass is 32.2. The summed E-state index contributed by atoms with van der Waals surface area (Å²) in [7, 11) is 0. The van der Waals surface area contributed by atoms with Crippen LogP contribution < -0.4 is 0 Å². The number of benzene rings is 1. The van der Waals surface area contributed by atoms with Crippen LogP contribution >= 0.6 is 24.0 Å². The summed E-state index contributed by atoms with van der Waals surface area (Å²) in [5.74, 6) is 1.74. The Labute approximate surface area is 111 Å². The molecular formula is C13H14N2S2. The molecule has 17 heavy (non-hydrogen) atoms. The first-order valence-corrected chi connectivity index (χ1v) is 6.79. The number of aryl methyl sites for hydroxylation is 2. The monoisotopic (exact) mass is 262 g/mol. The largest absolute Gasteiger partial charge is 0.347 e. The summed E-state index contributed by atoms with van der Waals surface area (Å²) < 4.78 is 0.653. The minimum atomic E-state index is 0.653. The van der Waals surface area contributed by atoms with E-state index in [4.69, 9.17) is 12.2 Å². The van der Waals surface area contributed by atoms with Crippen molar-refractivity contribution in [1.82, 2.24) is 9.97 Å². The van der Waals surface area contributed by atoms with E-state index in [2.05, 4.69) is 41.2 Å². The zero-order valence-electron chi connectivity index (χ0n) is 9.86. The Morgan fingerprint density at radius 3 is 2.59 bits per heavy atom. The molecule has 0 atom stereocenters. The van der Waals surface area contributed by atoms with Gasteiger partial charge in [0.25, 0.3) is 0 Å². The molecule has 0 saturated heterocycles. The summed E-state index contributed by atoms with van der Waals surface area (Å²) in [6.45, 7) is 4.09. The molecule has 1 heterocycles. The first-order chi connectivity index (χ1) is 8.13. The lowest BCUT2D eigenvalue weighted by Gasteiger charge is -2.03. The second kappa shape index (κ2) is 5.47. The molecule has 2 nitrogen and oxygen atoms in total. The van der Waals surface area contributed by atoms with Gasteiger partial charge in [-0.3, -0.25) is 0 Å². The Balaban J connectivity index is 2.07. The molecule has 4 heteroatoms. The van der Waals surface area contributed by atoms with E-state index in [-0.39, 0.29) is 0 Å². The maximum Gasteiger partial charge on any atom is 0.130 e. The van der Waals surface area contributed by atoms with Crippen LogP contribution in [0.15, 0.2) is 35.2 Å². The van der Waals surface area contributed by atoms with Crippen LogP contribution in [0.25, 0.3) is 0 Å². The maximum atomic E-state index is 5.09. The summed E-state index contributed by atoms with van der Waals surface area (Å²) in [6, 6.07) is 10.4. The van der Waals surface area contributed by atoms with Crippen LogP contribution in [0.2, 0.25) is 0 Å². The highest BCUT2D eigenvalue weighted by Crippen LogP contribution is 2.21. The maximum absolute atomic E-state index is 5.09. The third-order valence-corrected chi connectivity index (χ3v) is 3.56. The second-order valence-corrected chi connectivity index (χ2v) is 5.42. The molecular weight excluding hydrogens is 248 g/mol. The predicted molar refractivity (Wildman–Crippen MR) is 74.9 cm³/mol. The van der Waals surface area contributed by atoms with E-state index in [1.54, 1.807) is 11.8 Å². The lowest BCUT2D eigenvalue weighted by Crippen LogP contribution is -1.94. The van der Waals surface area contributed by atoms with Gasteiger partial charge in [-0.1, -0.05) is 29.9 Å². The Morgan fingerprint density at radius 1 is 1.24 bits per heavy atom. The lowest BCUT2D eigenvalue weighted by atomic mass is 10.2. The number of aromatic amines is 1. The van der Waals surface area contributed by atoms with Gasteiger partial charge < -0.3 is 4.98 Å². The lowest BCUT2D eigenvalue weighted by molar-refractivity contribution is 0.986. The van der Waals surface area contributed by atoms with Gasteiger partial charge in [0.1, 0.15) is 10.5 Å². The van der Waals surface area contributed by atoms with Gasteiger partial charge in [-0.15, -0.1) is 11.8 Å². The minimum absolute atomic E-state index is 0.653. The predicted octanol–water partition coefficient (Wildman–Crippen LogP) is 4.05. The van der Waals surface area contributed by atoms with Crippen LogP contribution in [-0.2, 0) is 5.75 Å². The van der Waals surface area contributed by atoms with E-state index in [9.17, 15) is 0 Å². The van der Waals surface area contributed by atoms with Gasteiger partial charge in [0.15, 0.2) is 0 Å². The van der Waals surface area contributed by atoms with Gasteiger partial charge in [-0.25, -0.2) is 4.98 Å². The molecule has 0 fully saturated rings. The van der Waals surface area contributed by atoms with Crippen LogP contribution in [0.3, 0.4) is 0 Å². The number of nitrogens with zero attached hydrogens (tertiary/aromatic N) is 1. The zero-order valence-corrected chi connectivity index (χ0v) is 11.5. The van der Waals surface area contributed by atoms with E-state index in [1.165, 1.54) is 10.5 Å². The van der Waals surface area contributed by atoms with E-state index in [1.807, 2.05) is 13.0 Å². The molecule has 0 spiro atoms. The van der Waals surface area contributed by atoms with Gasteiger partial charge in [0, 0.05) is 10.6 Å². The summed E-state index contributed by atoms with van der Waals surface area (Å²) in [6.07, 6.45) is 0. The molecule has 0 aliphatic carbocycles. The summed E-state index contributed by atoms with van der Waals surface area (Å²) >= 11 is 6.85. The van der Waals surface area contributed by atoms with Gasteiger partial charge in [0.2, 0.25) is 0 Å². The molecule has 0 radical (unpaired) electrons. The Hall–Kier alpha value is -1.13. The summed E-state index contributed by atoms with van der Waals surface area (Å²) in [5, 5.41) is 0. The number of H-pyrrole nitrogens is 1. The number of nitrogens with one attached hydrogen (secondary N) is 1. The van der Waals surface area contributed by atoms with Crippen molar-refractivity contribution in [3.05, 3.63) is 52.1 Å². The molecule has 2 rings (SSSR count). The molecule has 88 valence electrons. The Morgan fingerprint density at radius 2 is 1.94 bits per heavy atom. The molecule has 0 aliphatic heterocycles. The van der Waals surface area contributed by atoms with Crippen LogP contribution in [0.4, 0.5) is 0 Å². The topological polar surface area (TPSA) is 28.7 Å². The summed E-state index contributed by atoms with van der Waals surface area (Å²) in [5.41, 5.74) is 2.34. The third kappa shape index (κ3) is 3.68. The van der Waals surface area contributed by atoms with Gasteiger partial charge in [-0.2, -0.15) is 0 Å². The average Bonchev–Trinajstić information content (AvgIpc) is 2.27. The molecule has 0 amide bonds. The highest BCUT2D eigenvalue weighted by Gasteiger charge is 1.99. The number of hydrogen-bond donors (Lipinski definition) is 1. The van der Waals surface area contributed by atoms with Crippen molar-refractivity contribution in [3.8, 4) is 0 Å². The van der Waals surface area contributed by atoms with Crippen LogP contribution in [0.5, 0.6) is 0 Å². The zero-order chi connectivity index (χ0) is 12.3. The van der Waals surface area contributed by atoms with Gasteiger partial charge in [-0.05, 0) is 32.0 Å². The molecule has 0 saturated carbocycles. The van der Waals surface area contributed by atoms with Gasteiger partial charge >= 0.3 is 0 Å². The van der Waals surface area contributed by atoms with E-state index >= 15 is 0 Å². The number of hydrogen-bond acceptors (Lipinski definition) is 3. The van der Waals surface area contributed by atoms with Gasteiger partial charge in [0.05, 0.1) is 5.75 Å². The second-order valence-electron chi connectivity index (χ2n) is 3.95. The van der Waals surface area contributed by atoms with Crippen molar-refractivity contribution in [1.29, 1.82) is 0 Å². The fourth-order valence-corrected chi connectivity index (χ4v) is 2.55. The average molecular weight is 262 g/mol. The van der Waals surface area contributed by atoms with Crippen molar-refractivity contribution in [3.63, 3.8) is 0 Å². The molecule has 1 aromatic carbocycles.